The Kier molecular flexibility index (Phi) is 1.84. The van der Waals surface area contributed by atoms with Crippen LogP contribution in [0.15, 0.2) is 21.4 Å². The van der Waals surface area contributed by atoms with Crippen molar-refractivity contribution >= 4 is 21.7 Å². The van der Waals surface area contributed by atoms with E-state index in [1.807, 2.05) is 7.05 Å². The molecular weight excluding hydrogens is 236 g/mol. The van der Waals surface area contributed by atoms with Gasteiger partial charge in [0.25, 0.3) is 0 Å². The summed E-state index contributed by atoms with van der Waals surface area (Å²) in [6, 6.07) is 1.65. The van der Waals surface area contributed by atoms with Gasteiger partial charge in [0.15, 0.2) is 11.6 Å². The number of nitrogens with zero attached hydrogens (tertiary/aromatic N) is 3. The molecule has 0 radical (unpaired) electrons. The second-order valence-electron chi connectivity index (χ2n) is 2.59. The van der Waals surface area contributed by atoms with Crippen molar-refractivity contribution in [2.45, 2.75) is 0 Å². The predicted molar refractivity (Wildman–Crippen MR) is 50.8 cm³/mol. The third kappa shape index (κ3) is 1.33. The van der Waals surface area contributed by atoms with Crippen molar-refractivity contribution in [1.29, 1.82) is 0 Å². The summed E-state index contributed by atoms with van der Waals surface area (Å²) in [5, 5.41) is 7.63. The number of hydrogen-bond acceptors (Lipinski definition) is 4. The maximum Gasteiger partial charge on any atom is 0.173 e. The Hall–Kier alpha value is -1.30. The van der Waals surface area contributed by atoms with Gasteiger partial charge in [-0.25, -0.2) is 0 Å². The topological polar surface area (TPSA) is 69.9 Å². The second-order valence-corrected chi connectivity index (χ2v) is 3.34. The second kappa shape index (κ2) is 2.88. The lowest BCUT2D eigenvalue weighted by molar-refractivity contribution is 0.435. The monoisotopic (exact) mass is 242 g/mol. The SMILES string of the molecule is Cn1ncc(-c2cc(N)no2)c1Br. The molecule has 68 valence electrons. The van der Waals surface area contributed by atoms with E-state index in [0.29, 0.717) is 11.6 Å². The van der Waals surface area contributed by atoms with E-state index < -0.39 is 0 Å². The van der Waals surface area contributed by atoms with E-state index in [1.54, 1.807) is 16.9 Å². The number of rotatable bonds is 1. The van der Waals surface area contributed by atoms with Crippen LogP contribution in [0.1, 0.15) is 0 Å². The van der Waals surface area contributed by atoms with Crippen LogP contribution in [0.5, 0.6) is 0 Å². The molecule has 0 aliphatic carbocycles. The summed E-state index contributed by atoms with van der Waals surface area (Å²) in [5.74, 6) is 0.975. The molecule has 0 atom stereocenters. The Bertz CT molecular complexity index is 433. The largest absolute Gasteiger partial charge is 0.381 e. The van der Waals surface area contributed by atoms with Crippen molar-refractivity contribution in [3.8, 4) is 11.3 Å². The van der Waals surface area contributed by atoms with Crippen molar-refractivity contribution in [1.82, 2.24) is 14.9 Å². The molecule has 2 heterocycles. The Morgan fingerprint density at radius 1 is 1.62 bits per heavy atom. The van der Waals surface area contributed by atoms with Crippen LogP contribution in [-0.4, -0.2) is 14.9 Å². The highest BCUT2D eigenvalue weighted by Gasteiger charge is 2.12. The molecule has 0 aromatic carbocycles. The minimum atomic E-state index is 0.366. The van der Waals surface area contributed by atoms with Gasteiger partial charge in [-0.15, -0.1) is 0 Å². The average Bonchev–Trinajstić information content (AvgIpc) is 2.62. The first-order chi connectivity index (χ1) is 6.18. The van der Waals surface area contributed by atoms with Gasteiger partial charge in [0.05, 0.1) is 11.8 Å². The van der Waals surface area contributed by atoms with Gasteiger partial charge in [-0.1, -0.05) is 5.16 Å². The molecule has 0 saturated carbocycles. The molecule has 0 aliphatic heterocycles. The summed E-state index contributed by atoms with van der Waals surface area (Å²) in [6.07, 6.45) is 1.68. The summed E-state index contributed by atoms with van der Waals surface area (Å²) in [7, 11) is 1.83. The number of hydrogen-bond donors (Lipinski definition) is 1. The molecule has 0 unspecified atom stereocenters. The third-order valence-corrected chi connectivity index (χ3v) is 2.60. The maximum absolute atomic E-state index is 5.43. The molecule has 0 bridgehead atoms. The van der Waals surface area contributed by atoms with Crippen LogP contribution in [0.2, 0.25) is 0 Å². The van der Waals surface area contributed by atoms with Gasteiger partial charge in [0.1, 0.15) is 4.60 Å². The summed E-state index contributed by atoms with van der Waals surface area (Å²) in [6.45, 7) is 0. The van der Waals surface area contributed by atoms with E-state index in [2.05, 4.69) is 26.2 Å². The number of nitrogen functional groups attached to an aromatic ring is 1. The fraction of sp³-hybridized carbons (Fsp3) is 0.143. The van der Waals surface area contributed by atoms with Gasteiger partial charge >= 0.3 is 0 Å². The van der Waals surface area contributed by atoms with Crippen molar-refractivity contribution in [2.24, 2.45) is 7.05 Å². The van der Waals surface area contributed by atoms with E-state index >= 15 is 0 Å². The van der Waals surface area contributed by atoms with Crippen LogP contribution >= 0.6 is 15.9 Å². The number of halogens is 1. The van der Waals surface area contributed by atoms with Gasteiger partial charge < -0.3 is 10.3 Å². The molecule has 0 spiro atoms. The van der Waals surface area contributed by atoms with Crippen LogP contribution < -0.4 is 5.73 Å². The molecule has 2 aromatic rings. The fourth-order valence-corrected chi connectivity index (χ4v) is 1.39. The number of aromatic nitrogens is 3. The minimum absolute atomic E-state index is 0.366. The van der Waals surface area contributed by atoms with Crippen molar-refractivity contribution in [2.75, 3.05) is 5.73 Å². The zero-order valence-electron chi connectivity index (χ0n) is 6.86. The number of anilines is 1. The first-order valence-corrected chi connectivity index (χ1v) is 4.38. The molecule has 2 aromatic heterocycles. The van der Waals surface area contributed by atoms with Crippen molar-refractivity contribution < 1.29 is 4.52 Å². The van der Waals surface area contributed by atoms with Gasteiger partial charge in [0.2, 0.25) is 0 Å². The van der Waals surface area contributed by atoms with Gasteiger partial charge in [0, 0.05) is 13.1 Å². The Morgan fingerprint density at radius 2 is 2.38 bits per heavy atom. The van der Waals surface area contributed by atoms with Gasteiger partial charge in [-0.2, -0.15) is 5.10 Å². The molecule has 2 N–H and O–H groups in total. The predicted octanol–water partition coefficient (Wildman–Crippen LogP) is 1.42. The first-order valence-electron chi connectivity index (χ1n) is 3.58. The highest BCUT2D eigenvalue weighted by Crippen LogP contribution is 2.28. The van der Waals surface area contributed by atoms with E-state index in [1.165, 1.54) is 0 Å². The zero-order chi connectivity index (χ0) is 9.42. The Labute approximate surface area is 82.6 Å². The van der Waals surface area contributed by atoms with Crippen LogP contribution in [0, 0.1) is 0 Å². The Morgan fingerprint density at radius 3 is 2.85 bits per heavy atom. The quantitative estimate of drug-likeness (QED) is 0.822. The Balaban J connectivity index is 2.52. The molecule has 0 aliphatic rings. The lowest BCUT2D eigenvalue weighted by Gasteiger charge is -1.92. The lowest BCUT2D eigenvalue weighted by atomic mass is 10.3. The zero-order valence-corrected chi connectivity index (χ0v) is 8.45. The van der Waals surface area contributed by atoms with Crippen LogP contribution in [0.3, 0.4) is 0 Å². The van der Waals surface area contributed by atoms with Crippen LogP contribution in [-0.2, 0) is 7.05 Å². The highest BCUT2D eigenvalue weighted by atomic mass is 79.9. The third-order valence-electron chi connectivity index (χ3n) is 1.66. The van der Waals surface area contributed by atoms with Crippen LogP contribution in [0.25, 0.3) is 11.3 Å². The average molecular weight is 243 g/mol. The van der Waals surface area contributed by atoms with E-state index in [-0.39, 0.29) is 0 Å². The molecule has 0 saturated heterocycles. The fourth-order valence-electron chi connectivity index (χ4n) is 1.00. The lowest BCUT2D eigenvalue weighted by Crippen LogP contribution is -1.88. The first kappa shape index (κ1) is 8.31. The smallest absolute Gasteiger partial charge is 0.173 e. The molecule has 5 nitrogen and oxygen atoms in total. The standard InChI is InChI=1S/C7H7BrN4O/c1-12-7(8)4(3-10-12)5-2-6(9)11-13-5/h2-3H,1H3,(H2,9,11). The van der Waals surface area contributed by atoms with Gasteiger partial charge in [-0.05, 0) is 15.9 Å². The highest BCUT2D eigenvalue weighted by molar-refractivity contribution is 9.10. The maximum atomic E-state index is 5.43. The molecule has 0 fully saturated rings. The summed E-state index contributed by atoms with van der Waals surface area (Å²) >= 11 is 3.37. The molecular formula is C7H7BrN4O. The summed E-state index contributed by atoms with van der Waals surface area (Å²) < 4.78 is 7.51. The summed E-state index contributed by atoms with van der Waals surface area (Å²) in [4.78, 5) is 0. The van der Waals surface area contributed by atoms with E-state index in [9.17, 15) is 0 Å². The molecule has 2 rings (SSSR count). The normalized spacial score (nSPS) is 10.6. The molecule has 6 heteroatoms. The van der Waals surface area contributed by atoms with Crippen molar-refractivity contribution in [3.05, 3.63) is 16.9 Å². The van der Waals surface area contributed by atoms with Crippen LogP contribution in [0.4, 0.5) is 5.82 Å². The number of aryl methyl sites for hydroxylation is 1. The summed E-state index contributed by atoms with van der Waals surface area (Å²) in [5.41, 5.74) is 6.26. The van der Waals surface area contributed by atoms with Gasteiger partial charge in [-0.3, -0.25) is 4.68 Å². The van der Waals surface area contributed by atoms with E-state index in [4.69, 9.17) is 10.3 Å². The van der Waals surface area contributed by atoms with Crippen molar-refractivity contribution in [3.63, 3.8) is 0 Å². The molecule has 0 amide bonds. The number of nitrogens with two attached hydrogens (primary N) is 1. The minimum Gasteiger partial charge on any atom is -0.381 e. The molecule has 13 heavy (non-hydrogen) atoms. The van der Waals surface area contributed by atoms with E-state index in [0.717, 1.165) is 10.2 Å².